The number of hydrogen-bond donors (Lipinski definition) is 3. The molecule has 2 aromatic rings. The molecule has 1 aliphatic heterocycles. The zero-order chi connectivity index (χ0) is 13.9. The molecule has 3 rings (SSSR count). The van der Waals surface area contributed by atoms with Crippen LogP contribution in [0.25, 0.3) is 10.9 Å². The van der Waals surface area contributed by atoms with E-state index in [1.54, 1.807) is 6.20 Å². The summed E-state index contributed by atoms with van der Waals surface area (Å²) < 4.78 is 5.42. The molecule has 5 nitrogen and oxygen atoms in total. The van der Waals surface area contributed by atoms with E-state index in [0.717, 1.165) is 37.0 Å². The minimum atomic E-state index is -0.0494. The van der Waals surface area contributed by atoms with Crippen LogP contribution in [-0.4, -0.2) is 30.6 Å². The van der Waals surface area contributed by atoms with E-state index in [9.17, 15) is 4.79 Å². The van der Waals surface area contributed by atoms with Gasteiger partial charge in [-0.15, -0.1) is 0 Å². The molecule has 1 unspecified atom stereocenters. The van der Waals surface area contributed by atoms with Gasteiger partial charge < -0.3 is 20.8 Å². The van der Waals surface area contributed by atoms with Crippen LogP contribution < -0.4 is 11.1 Å². The summed E-state index contributed by atoms with van der Waals surface area (Å²) in [5.74, 6) is 0.375. The predicted molar refractivity (Wildman–Crippen MR) is 78.6 cm³/mol. The molecule has 1 aliphatic rings. The van der Waals surface area contributed by atoms with Gasteiger partial charge in [0, 0.05) is 35.9 Å². The van der Waals surface area contributed by atoms with Crippen molar-refractivity contribution in [2.45, 2.75) is 12.8 Å². The summed E-state index contributed by atoms with van der Waals surface area (Å²) in [5.41, 5.74) is 7.97. The molecule has 1 aromatic carbocycles. The highest BCUT2D eigenvalue weighted by atomic mass is 16.5. The smallest absolute Gasteiger partial charge is 0.253 e. The molecule has 0 radical (unpaired) electrons. The lowest BCUT2D eigenvalue weighted by molar-refractivity contribution is 0.0536. The molecule has 1 fully saturated rings. The third-order valence-corrected chi connectivity index (χ3v) is 3.76. The SMILES string of the molecule is Nc1ccc2c(C(=O)NCC3CCCOC3)c[nH]c2c1. The molecular formula is C15H19N3O2. The number of rotatable bonds is 3. The number of nitrogen functional groups attached to an aromatic ring is 1. The standard InChI is InChI=1S/C15H19N3O2/c16-11-3-4-12-13(8-17-14(12)6-11)15(19)18-7-10-2-1-5-20-9-10/h3-4,6,8,10,17H,1-2,5,7,9,16H2,(H,18,19). The number of carbonyl (C=O) groups excluding carboxylic acids is 1. The first-order valence-corrected chi connectivity index (χ1v) is 6.96. The molecule has 5 heteroatoms. The monoisotopic (exact) mass is 273 g/mol. The van der Waals surface area contributed by atoms with Crippen molar-refractivity contribution in [1.82, 2.24) is 10.3 Å². The molecule has 1 saturated heterocycles. The van der Waals surface area contributed by atoms with Crippen molar-refractivity contribution in [2.75, 3.05) is 25.5 Å². The predicted octanol–water partition coefficient (Wildman–Crippen LogP) is 1.91. The summed E-state index contributed by atoms with van der Waals surface area (Å²) in [5, 5.41) is 3.89. The molecule has 1 atom stereocenters. The minimum absolute atomic E-state index is 0.0494. The van der Waals surface area contributed by atoms with E-state index in [0.29, 0.717) is 23.7 Å². The quantitative estimate of drug-likeness (QED) is 0.747. The van der Waals surface area contributed by atoms with Crippen molar-refractivity contribution in [3.8, 4) is 0 Å². The molecule has 1 amide bonds. The van der Waals surface area contributed by atoms with Crippen molar-refractivity contribution >= 4 is 22.5 Å². The van der Waals surface area contributed by atoms with Crippen LogP contribution in [0.2, 0.25) is 0 Å². The van der Waals surface area contributed by atoms with E-state index in [2.05, 4.69) is 10.3 Å². The van der Waals surface area contributed by atoms with E-state index in [1.165, 1.54) is 0 Å². The Morgan fingerprint density at radius 2 is 2.40 bits per heavy atom. The van der Waals surface area contributed by atoms with Crippen LogP contribution in [-0.2, 0) is 4.74 Å². The third kappa shape index (κ3) is 2.63. The van der Waals surface area contributed by atoms with E-state index in [4.69, 9.17) is 10.5 Å². The lowest BCUT2D eigenvalue weighted by Gasteiger charge is -2.22. The van der Waals surface area contributed by atoms with Crippen LogP contribution in [0.4, 0.5) is 5.69 Å². The van der Waals surface area contributed by atoms with Crippen LogP contribution >= 0.6 is 0 Å². The largest absolute Gasteiger partial charge is 0.399 e. The molecule has 0 aliphatic carbocycles. The van der Waals surface area contributed by atoms with Gasteiger partial charge in [0.05, 0.1) is 12.2 Å². The molecule has 0 saturated carbocycles. The number of anilines is 1. The zero-order valence-corrected chi connectivity index (χ0v) is 11.3. The molecule has 2 heterocycles. The van der Waals surface area contributed by atoms with Crippen LogP contribution in [0.1, 0.15) is 23.2 Å². The first kappa shape index (κ1) is 13.0. The zero-order valence-electron chi connectivity index (χ0n) is 11.3. The van der Waals surface area contributed by atoms with Gasteiger partial charge in [-0.2, -0.15) is 0 Å². The molecule has 1 aromatic heterocycles. The molecule has 0 spiro atoms. The van der Waals surface area contributed by atoms with E-state index < -0.39 is 0 Å². The average Bonchev–Trinajstić information content (AvgIpc) is 2.89. The van der Waals surface area contributed by atoms with Crippen molar-refractivity contribution in [3.05, 3.63) is 30.0 Å². The van der Waals surface area contributed by atoms with Crippen LogP contribution in [0.15, 0.2) is 24.4 Å². The van der Waals surface area contributed by atoms with Crippen LogP contribution in [0.3, 0.4) is 0 Å². The lowest BCUT2D eigenvalue weighted by Crippen LogP contribution is -2.33. The van der Waals surface area contributed by atoms with Crippen molar-refractivity contribution in [3.63, 3.8) is 0 Å². The number of fused-ring (bicyclic) bond motifs is 1. The van der Waals surface area contributed by atoms with Gasteiger partial charge in [0.2, 0.25) is 0 Å². The van der Waals surface area contributed by atoms with Gasteiger partial charge in [-0.25, -0.2) is 0 Å². The molecule has 4 N–H and O–H groups in total. The van der Waals surface area contributed by atoms with Crippen molar-refractivity contribution in [2.24, 2.45) is 5.92 Å². The number of carbonyl (C=O) groups is 1. The Kier molecular flexibility index (Phi) is 3.60. The highest BCUT2D eigenvalue weighted by Crippen LogP contribution is 2.21. The summed E-state index contributed by atoms with van der Waals surface area (Å²) in [4.78, 5) is 15.3. The fourth-order valence-electron chi connectivity index (χ4n) is 2.63. The fourth-order valence-corrected chi connectivity index (χ4v) is 2.63. The Balaban J connectivity index is 1.69. The molecular weight excluding hydrogens is 254 g/mol. The second kappa shape index (κ2) is 5.54. The van der Waals surface area contributed by atoms with Gasteiger partial charge in [-0.05, 0) is 37.0 Å². The number of benzene rings is 1. The Hall–Kier alpha value is -2.01. The second-order valence-corrected chi connectivity index (χ2v) is 5.30. The molecule has 20 heavy (non-hydrogen) atoms. The summed E-state index contributed by atoms with van der Waals surface area (Å²) >= 11 is 0. The number of aromatic nitrogens is 1. The summed E-state index contributed by atoms with van der Waals surface area (Å²) in [6.07, 6.45) is 3.93. The Bertz CT molecular complexity index is 615. The first-order valence-electron chi connectivity index (χ1n) is 6.96. The minimum Gasteiger partial charge on any atom is -0.399 e. The molecule has 106 valence electrons. The van der Waals surface area contributed by atoms with E-state index in [-0.39, 0.29) is 5.91 Å². The number of nitrogens with two attached hydrogens (primary N) is 1. The van der Waals surface area contributed by atoms with Gasteiger partial charge >= 0.3 is 0 Å². The Labute approximate surface area is 117 Å². The van der Waals surface area contributed by atoms with Crippen LogP contribution in [0.5, 0.6) is 0 Å². The number of aromatic amines is 1. The topological polar surface area (TPSA) is 80.1 Å². The normalized spacial score (nSPS) is 19.1. The summed E-state index contributed by atoms with van der Waals surface area (Å²) in [7, 11) is 0. The lowest BCUT2D eigenvalue weighted by atomic mass is 10.0. The highest BCUT2D eigenvalue weighted by Gasteiger charge is 2.17. The van der Waals surface area contributed by atoms with Crippen molar-refractivity contribution < 1.29 is 9.53 Å². The first-order chi connectivity index (χ1) is 9.74. The number of amides is 1. The van der Waals surface area contributed by atoms with E-state index in [1.807, 2.05) is 18.2 Å². The Morgan fingerprint density at radius 3 is 3.20 bits per heavy atom. The summed E-state index contributed by atoms with van der Waals surface area (Å²) in [6.45, 7) is 2.25. The van der Waals surface area contributed by atoms with Gasteiger partial charge in [0.15, 0.2) is 0 Å². The van der Waals surface area contributed by atoms with E-state index >= 15 is 0 Å². The van der Waals surface area contributed by atoms with Gasteiger partial charge in [-0.1, -0.05) is 0 Å². The fraction of sp³-hybridized carbons (Fsp3) is 0.400. The second-order valence-electron chi connectivity index (χ2n) is 5.30. The van der Waals surface area contributed by atoms with Gasteiger partial charge in [-0.3, -0.25) is 4.79 Å². The maximum atomic E-state index is 12.2. The van der Waals surface area contributed by atoms with Crippen molar-refractivity contribution in [1.29, 1.82) is 0 Å². The number of hydrogen-bond acceptors (Lipinski definition) is 3. The van der Waals surface area contributed by atoms with Crippen LogP contribution in [0, 0.1) is 5.92 Å². The molecule has 0 bridgehead atoms. The maximum Gasteiger partial charge on any atom is 0.253 e. The average molecular weight is 273 g/mol. The van der Waals surface area contributed by atoms with Gasteiger partial charge in [0.1, 0.15) is 0 Å². The highest BCUT2D eigenvalue weighted by molar-refractivity contribution is 6.07. The number of H-pyrrole nitrogens is 1. The summed E-state index contributed by atoms with van der Waals surface area (Å²) in [6, 6.07) is 5.52. The Morgan fingerprint density at radius 1 is 1.50 bits per heavy atom. The maximum absolute atomic E-state index is 12.2. The van der Waals surface area contributed by atoms with Gasteiger partial charge in [0.25, 0.3) is 5.91 Å². The number of ether oxygens (including phenoxy) is 1. The number of nitrogens with one attached hydrogen (secondary N) is 2. The third-order valence-electron chi connectivity index (χ3n) is 3.76.